The van der Waals surface area contributed by atoms with E-state index in [0.717, 1.165) is 0 Å². The van der Waals surface area contributed by atoms with Crippen molar-refractivity contribution < 1.29 is 19.1 Å². The molecule has 0 saturated carbocycles. The first-order valence-electron chi connectivity index (χ1n) is 4.68. The van der Waals surface area contributed by atoms with Gasteiger partial charge in [-0.05, 0) is 19.1 Å². The van der Waals surface area contributed by atoms with Crippen LogP contribution < -0.4 is 4.74 Å². The van der Waals surface area contributed by atoms with Gasteiger partial charge in [0.1, 0.15) is 5.75 Å². The van der Waals surface area contributed by atoms with Gasteiger partial charge in [-0.25, -0.2) is 4.79 Å². The van der Waals surface area contributed by atoms with Gasteiger partial charge in [0, 0.05) is 5.02 Å². The molecule has 1 rings (SSSR count). The minimum absolute atomic E-state index is 0.115. The van der Waals surface area contributed by atoms with Crippen molar-refractivity contribution in [1.82, 2.24) is 0 Å². The van der Waals surface area contributed by atoms with E-state index in [9.17, 15) is 9.59 Å². The number of hydrogen-bond donors (Lipinski definition) is 0. The fourth-order valence-corrected chi connectivity index (χ4v) is 1.74. The zero-order valence-electron chi connectivity index (χ0n) is 9.20. The molecule has 1 aromatic carbocycles. The molecule has 0 aliphatic carbocycles. The van der Waals surface area contributed by atoms with Crippen molar-refractivity contribution in [3.8, 4) is 5.75 Å². The number of carbonyl (C=O) groups is 2. The average molecular weight is 277 g/mol. The van der Waals surface area contributed by atoms with E-state index in [1.54, 1.807) is 0 Å². The Hall–Kier alpha value is -1.26. The van der Waals surface area contributed by atoms with Crippen LogP contribution in [0.3, 0.4) is 0 Å². The zero-order chi connectivity index (χ0) is 13.0. The summed E-state index contributed by atoms with van der Waals surface area (Å²) in [4.78, 5) is 22.0. The zero-order valence-corrected chi connectivity index (χ0v) is 10.7. The van der Waals surface area contributed by atoms with Gasteiger partial charge >= 0.3 is 5.97 Å². The number of halogens is 2. The standard InChI is InChI=1S/C11H10Cl2O4/c1-6(11(15)16-2)17-10-7(5-14)3-8(12)4-9(10)13/h3-6H,1-2H3. The molecular formula is C11H10Cl2O4. The Morgan fingerprint density at radius 1 is 1.41 bits per heavy atom. The number of aldehydes is 1. The van der Waals surface area contributed by atoms with Crippen LogP contribution in [0, 0.1) is 0 Å². The predicted molar refractivity (Wildman–Crippen MR) is 64.0 cm³/mol. The maximum absolute atomic E-state index is 11.2. The summed E-state index contributed by atoms with van der Waals surface area (Å²) in [5, 5.41) is 0.477. The molecule has 0 aliphatic heterocycles. The average Bonchev–Trinajstić information content (AvgIpc) is 2.30. The smallest absolute Gasteiger partial charge is 0.346 e. The largest absolute Gasteiger partial charge is 0.477 e. The summed E-state index contributed by atoms with van der Waals surface area (Å²) in [6, 6.07) is 2.83. The molecule has 0 N–H and O–H groups in total. The predicted octanol–water partition coefficient (Wildman–Crippen LogP) is 2.75. The van der Waals surface area contributed by atoms with Gasteiger partial charge in [0.15, 0.2) is 12.4 Å². The van der Waals surface area contributed by atoms with Crippen LogP contribution in [-0.4, -0.2) is 25.5 Å². The third kappa shape index (κ3) is 3.35. The van der Waals surface area contributed by atoms with E-state index in [-0.39, 0.29) is 16.3 Å². The molecule has 0 aromatic heterocycles. The number of benzene rings is 1. The number of rotatable bonds is 4. The van der Waals surface area contributed by atoms with Crippen molar-refractivity contribution in [1.29, 1.82) is 0 Å². The molecule has 0 amide bonds. The molecule has 1 aromatic rings. The Balaban J connectivity index is 3.05. The van der Waals surface area contributed by atoms with E-state index in [1.807, 2.05) is 0 Å². The van der Waals surface area contributed by atoms with Crippen molar-refractivity contribution in [2.24, 2.45) is 0 Å². The summed E-state index contributed by atoms with van der Waals surface area (Å²) in [7, 11) is 1.24. The van der Waals surface area contributed by atoms with E-state index in [2.05, 4.69) is 4.74 Å². The van der Waals surface area contributed by atoms with Gasteiger partial charge in [-0.2, -0.15) is 0 Å². The van der Waals surface area contributed by atoms with Gasteiger partial charge in [-0.3, -0.25) is 4.79 Å². The first-order valence-corrected chi connectivity index (χ1v) is 5.44. The molecule has 1 atom stereocenters. The van der Waals surface area contributed by atoms with Crippen LogP contribution in [0.5, 0.6) is 5.75 Å². The van der Waals surface area contributed by atoms with E-state index >= 15 is 0 Å². The minimum atomic E-state index is -0.864. The van der Waals surface area contributed by atoms with Crippen LogP contribution in [0.25, 0.3) is 0 Å². The van der Waals surface area contributed by atoms with E-state index in [1.165, 1.54) is 26.2 Å². The van der Waals surface area contributed by atoms with Gasteiger partial charge in [-0.15, -0.1) is 0 Å². The lowest BCUT2D eigenvalue weighted by molar-refractivity contribution is -0.147. The number of carbonyl (C=O) groups excluding carboxylic acids is 2. The topological polar surface area (TPSA) is 52.6 Å². The summed E-state index contributed by atoms with van der Waals surface area (Å²) in [6.45, 7) is 1.49. The van der Waals surface area contributed by atoms with Crippen molar-refractivity contribution in [2.45, 2.75) is 13.0 Å². The molecule has 17 heavy (non-hydrogen) atoms. The summed E-state index contributed by atoms with van der Waals surface area (Å²) in [6.07, 6.45) is -0.311. The third-order valence-corrected chi connectivity index (χ3v) is 2.49. The lowest BCUT2D eigenvalue weighted by Crippen LogP contribution is -2.25. The van der Waals surface area contributed by atoms with Crippen LogP contribution in [0.2, 0.25) is 10.0 Å². The molecular weight excluding hydrogens is 267 g/mol. The molecule has 0 saturated heterocycles. The highest BCUT2D eigenvalue weighted by atomic mass is 35.5. The monoisotopic (exact) mass is 276 g/mol. The quantitative estimate of drug-likeness (QED) is 0.627. The molecule has 4 nitrogen and oxygen atoms in total. The highest BCUT2D eigenvalue weighted by molar-refractivity contribution is 6.36. The molecule has 0 radical (unpaired) electrons. The Bertz CT molecular complexity index is 445. The number of ether oxygens (including phenoxy) is 2. The molecule has 0 spiro atoms. The normalized spacial score (nSPS) is 11.8. The van der Waals surface area contributed by atoms with Crippen molar-refractivity contribution in [3.05, 3.63) is 27.7 Å². The third-order valence-electron chi connectivity index (χ3n) is 1.99. The lowest BCUT2D eigenvalue weighted by atomic mass is 10.2. The van der Waals surface area contributed by atoms with Gasteiger partial charge in [0.25, 0.3) is 0 Å². The second kappa shape index (κ2) is 5.89. The second-order valence-corrected chi connectivity index (χ2v) is 4.05. The molecule has 0 heterocycles. The molecule has 6 heteroatoms. The summed E-state index contributed by atoms with van der Waals surface area (Å²) in [5.74, 6) is -0.447. The fourth-order valence-electron chi connectivity index (χ4n) is 1.18. The highest BCUT2D eigenvalue weighted by Gasteiger charge is 2.19. The van der Waals surface area contributed by atoms with E-state index in [0.29, 0.717) is 11.3 Å². The first-order chi connectivity index (χ1) is 7.99. The van der Waals surface area contributed by atoms with Crippen LogP contribution >= 0.6 is 23.2 Å². The maximum atomic E-state index is 11.2. The fraction of sp³-hybridized carbons (Fsp3) is 0.273. The van der Waals surface area contributed by atoms with Gasteiger partial charge in [-0.1, -0.05) is 23.2 Å². The molecule has 0 fully saturated rings. The van der Waals surface area contributed by atoms with Crippen LogP contribution in [0.15, 0.2) is 12.1 Å². The van der Waals surface area contributed by atoms with Crippen molar-refractivity contribution >= 4 is 35.5 Å². The highest BCUT2D eigenvalue weighted by Crippen LogP contribution is 2.32. The molecule has 1 unspecified atom stereocenters. The Kier molecular flexibility index (Phi) is 4.78. The molecule has 0 aliphatic rings. The number of esters is 1. The van der Waals surface area contributed by atoms with E-state index < -0.39 is 12.1 Å². The molecule has 0 bridgehead atoms. The van der Waals surface area contributed by atoms with Crippen LogP contribution in [-0.2, 0) is 9.53 Å². The minimum Gasteiger partial charge on any atom is -0.477 e. The number of hydrogen-bond acceptors (Lipinski definition) is 4. The number of methoxy groups -OCH3 is 1. The van der Waals surface area contributed by atoms with Crippen LogP contribution in [0.4, 0.5) is 0 Å². The summed E-state index contributed by atoms with van der Waals surface area (Å²) in [5.41, 5.74) is 0.179. The Morgan fingerprint density at radius 3 is 2.59 bits per heavy atom. The Morgan fingerprint density at radius 2 is 2.06 bits per heavy atom. The first kappa shape index (κ1) is 13.8. The van der Waals surface area contributed by atoms with Gasteiger partial charge in [0.2, 0.25) is 0 Å². The molecule has 92 valence electrons. The van der Waals surface area contributed by atoms with Crippen molar-refractivity contribution in [2.75, 3.05) is 7.11 Å². The Labute approximate surface area is 108 Å². The van der Waals surface area contributed by atoms with E-state index in [4.69, 9.17) is 27.9 Å². The SMILES string of the molecule is COC(=O)C(C)Oc1c(Cl)cc(Cl)cc1C=O. The second-order valence-electron chi connectivity index (χ2n) is 3.21. The van der Waals surface area contributed by atoms with Gasteiger partial charge < -0.3 is 9.47 Å². The van der Waals surface area contributed by atoms with Crippen molar-refractivity contribution in [3.63, 3.8) is 0 Å². The van der Waals surface area contributed by atoms with Crippen LogP contribution in [0.1, 0.15) is 17.3 Å². The maximum Gasteiger partial charge on any atom is 0.346 e. The summed E-state index contributed by atoms with van der Waals surface area (Å²) < 4.78 is 9.78. The lowest BCUT2D eigenvalue weighted by Gasteiger charge is -2.15. The van der Waals surface area contributed by atoms with Gasteiger partial charge in [0.05, 0.1) is 17.7 Å². The summed E-state index contributed by atoms with van der Waals surface area (Å²) >= 11 is 11.6.